The van der Waals surface area contributed by atoms with Crippen molar-refractivity contribution < 1.29 is 23.7 Å². The highest BCUT2D eigenvalue weighted by atomic mass is 16.5. The van der Waals surface area contributed by atoms with Crippen molar-refractivity contribution in [2.45, 2.75) is 27.2 Å². The molecule has 2 aromatic carbocycles. The Morgan fingerprint density at radius 2 is 1.62 bits per heavy atom. The molecule has 29 heavy (non-hydrogen) atoms. The molecule has 7 heteroatoms. The third-order valence-corrected chi connectivity index (χ3v) is 3.83. The Kier molecular flexibility index (Phi) is 8.82. The third kappa shape index (κ3) is 6.41. The fourth-order valence-corrected chi connectivity index (χ4v) is 2.52. The number of amides is 1. The van der Waals surface area contributed by atoms with Gasteiger partial charge in [0, 0.05) is 5.56 Å². The van der Waals surface area contributed by atoms with Gasteiger partial charge < -0.3 is 18.9 Å². The van der Waals surface area contributed by atoms with Gasteiger partial charge in [0.05, 0.1) is 33.1 Å². The number of hydrogen-bond acceptors (Lipinski definition) is 6. The molecule has 0 heterocycles. The maximum Gasteiger partial charge on any atom is 0.271 e. The quantitative estimate of drug-likeness (QED) is 0.455. The fraction of sp³-hybridized carbons (Fsp3) is 0.364. The number of benzene rings is 2. The van der Waals surface area contributed by atoms with Crippen molar-refractivity contribution in [2.24, 2.45) is 5.10 Å². The molecule has 0 atom stereocenters. The average molecular weight is 400 g/mol. The molecular formula is C22H28N2O5. The lowest BCUT2D eigenvalue weighted by atomic mass is 10.2. The van der Waals surface area contributed by atoms with Crippen molar-refractivity contribution in [3.05, 3.63) is 47.5 Å². The second kappa shape index (κ2) is 11.6. The van der Waals surface area contributed by atoms with Crippen LogP contribution >= 0.6 is 0 Å². The Morgan fingerprint density at radius 3 is 2.31 bits per heavy atom. The lowest BCUT2D eigenvalue weighted by Gasteiger charge is -2.12. The molecule has 2 aromatic rings. The van der Waals surface area contributed by atoms with E-state index < -0.39 is 0 Å². The van der Waals surface area contributed by atoms with Gasteiger partial charge in [-0.25, -0.2) is 5.43 Å². The summed E-state index contributed by atoms with van der Waals surface area (Å²) in [5.41, 5.74) is 3.72. The molecule has 0 radical (unpaired) electrons. The molecule has 1 amide bonds. The Morgan fingerprint density at radius 1 is 0.931 bits per heavy atom. The number of hydrazone groups is 1. The maximum atomic E-state index is 12.4. The van der Waals surface area contributed by atoms with E-state index in [4.69, 9.17) is 18.9 Å². The summed E-state index contributed by atoms with van der Waals surface area (Å²) < 4.78 is 22.0. The second-order valence-corrected chi connectivity index (χ2v) is 5.99. The van der Waals surface area contributed by atoms with Gasteiger partial charge in [0.25, 0.3) is 5.91 Å². The lowest BCUT2D eigenvalue weighted by molar-refractivity contribution is 0.0954. The summed E-state index contributed by atoms with van der Waals surface area (Å²) in [7, 11) is 1.57. The van der Waals surface area contributed by atoms with Gasteiger partial charge in [-0.1, -0.05) is 6.92 Å². The van der Waals surface area contributed by atoms with Gasteiger partial charge in [-0.2, -0.15) is 5.10 Å². The van der Waals surface area contributed by atoms with Crippen LogP contribution in [0, 0.1) is 0 Å². The fourth-order valence-electron chi connectivity index (χ4n) is 2.52. The number of carbonyl (C=O) groups is 1. The van der Waals surface area contributed by atoms with E-state index in [1.54, 1.807) is 43.7 Å². The molecular weight excluding hydrogens is 372 g/mol. The molecule has 0 spiro atoms. The summed E-state index contributed by atoms with van der Waals surface area (Å²) in [5, 5.41) is 4.02. The van der Waals surface area contributed by atoms with E-state index in [0.717, 1.165) is 12.0 Å². The van der Waals surface area contributed by atoms with Crippen LogP contribution in [0.1, 0.15) is 43.1 Å². The van der Waals surface area contributed by atoms with Gasteiger partial charge in [-0.3, -0.25) is 4.79 Å². The number of rotatable bonds is 11. The number of carbonyl (C=O) groups excluding carboxylic acids is 1. The zero-order valence-corrected chi connectivity index (χ0v) is 17.4. The number of ether oxygens (including phenoxy) is 4. The van der Waals surface area contributed by atoms with Gasteiger partial charge in [0.1, 0.15) is 0 Å². The standard InChI is InChI=1S/C22H28N2O5/c1-5-12-29-19-11-9-17(14-21(19)28-7-3)22(25)24-23-15-16-8-10-18(27-6-2)20(13-16)26-4/h8-11,13-15H,5-7,12H2,1-4H3,(H,24,25)/b23-15+. The van der Waals surface area contributed by atoms with Crippen LogP contribution in [0.2, 0.25) is 0 Å². The van der Waals surface area contributed by atoms with Crippen molar-refractivity contribution in [1.82, 2.24) is 5.43 Å². The van der Waals surface area contributed by atoms with Crippen LogP contribution in [0.25, 0.3) is 0 Å². The third-order valence-electron chi connectivity index (χ3n) is 3.83. The van der Waals surface area contributed by atoms with E-state index >= 15 is 0 Å². The van der Waals surface area contributed by atoms with Crippen LogP contribution in [0.3, 0.4) is 0 Å². The number of nitrogens with zero attached hydrogens (tertiary/aromatic N) is 1. The first kappa shape index (κ1) is 22.1. The zero-order valence-electron chi connectivity index (χ0n) is 17.4. The number of nitrogens with one attached hydrogen (secondary N) is 1. The number of hydrogen-bond donors (Lipinski definition) is 1. The Balaban J connectivity index is 2.07. The molecule has 0 bridgehead atoms. The Hall–Kier alpha value is -3.22. The maximum absolute atomic E-state index is 12.4. The van der Waals surface area contributed by atoms with Crippen LogP contribution < -0.4 is 24.4 Å². The molecule has 1 N–H and O–H groups in total. The Labute approximate surface area is 171 Å². The van der Waals surface area contributed by atoms with Gasteiger partial charge >= 0.3 is 0 Å². The van der Waals surface area contributed by atoms with E-state index in [2.05, 4.69) is 10.5 Å². The summed E-state index contributed by atoms with van der Waals surface area (Å²) in [6, 6.07) is 10.5. The highest BCUT2D eigenvalue weighted by Crippen LogP contribution is 2.29. The van der Waals surface area contributed by atoms with E-state index in [0.29, 0.717) is 48.4 Å². The molecule has 0 saturated carbocycles. The van der Waals surface area contributed by atoms with Gasteiger partial charge in [-0.15, -0.1) is 0 Å². The monoisotopic (exact) mass is 400 g/mol. The van der Waals surface area contributed by atoms with Crippen molar-refractivity contribution >= 4 is 12.1 Å². The minimum Gasteiger partial charge on any atom is -0.493 e. The molecule has 0 fully saturated rings. The zero-order chi connectivity index (χ0) is 21.1. The molecule has 0 unspecified atom stereocenters. The average Bonchev–Trinajstić information content (AvgIpc) is 2.74. The summed E-state index contributed by atoms with van der Waals surface area (Å²) >= 11 is 0. The van der Waals surface area contributed by atoms with E-state index in [1.807, 2.05) is 26.8 Å². The first-order chi connectivity index (χ1) is 14.1. The predicted octanol–water partition coefficient (Wildman–Crippen LogP) is 4.05. The topological polar surface area (TPSA) is 78.4 Å². The van der Waals surface area contributed by atoms with Crippen molar-refractivity contribution in [1.29, 1.82) is 0 Å². The molecule has 2 rings (SSSR count). The van der Waals surface area contributed by atoms with Crippen molar-refractivity contribution in [3.63, 3.8) is 0 Å². The minimum absolute atomic E-state index is 0.345. The highest BCUT2D eigenvalue weighted by Gasteiger charge is 2.11. The van der Waals surface area contributed by atoms with Gasteiger partial charge in [0.2, 0.25) is 0 Å². The first-order valence-corrected chi connectivity index (χ1v) is 9.66. The van der Waals surface area contributed by atoms with Gasteiger partial charge in [-0.05, 0) is 62.2 Å². The Bertz CT molecular complexity index is 836. The summed E-state index contributed by atoms with van der Waals surface area (Å²) in [4.78, 5) is 12.4. The lowest BCUT2D eigenvalue weighted by Crippen LogP contribution is -2.17. The van der Waals surface area contributed by atoms with E-state index in [-0.39, 0.29) is 5.91 Å². The smallest absolute Gasteiger partial charge is 0.271 e. The molecule has 0 aliphatic rings. The van der Waals surface area contributed by atoms with Crippen LogP contribution in [-0.2, 0) is 0 Å². The second-order valence-electron chi connectivity index (χ2n) is 5.99. The summed E-state index contributed by atoms with van der Waals surface area (Å²) in [6.45, 7) is 7.42. The summed E-state index contributed by atoms with van der Waals surface area (Å²) in [6.07, 6.45) is 2.43. The van der Waals surface area contributed by atoms with Crippen LogP contribution in [0.5, 0.6) is 23.0 Å². The first-order valence-electron chi connectivity index (χ1n) is 9.66. The van der Waals surface area contributed by atoms with Gasteiger partial charge in [0.15, 0.2) is 23.0 Å². The molecule has 0 aromatic heterocycles. The molecule has 0 saturated heterocycles. The summed E-state index contributed by atoms with van der Waals surface area (Å²) in [5.74, 6) is 2.07. The SMILES string of the molecule is CCCOc1ccc(C(=O)N/N=C/c2ccc(OCC)c(OC)c2)cc1OCC. The van der Waals surface area contributed by atoms with Crippen LogP contribution in [-0.4, -0.2) is 39.1 Å². The van der Waals surface area contributed by atoms with Crippen LogP contribution in [0.4, 0.5) is 0 Å². The molecule has 156 valence electrons. The minimum atomic E-state index is -0.345. The predicted molar refractivity (Wildman–Crippen MR) is 113 cm³/mol. The molecule has 0 aliphatic heterocycles. The normalized spacial score (nSPS) is 10.6. The molecule has 7 nitrogen and oxygen atoms in total. The van der Waals surface area contributed by atoms with Crippen molar-refractivity contribution in [2.75, 3.05) is 26.9 Å². The highest BCUT2D eigenvalue weighted by molar-refractivity contribution is 5.95. The molecule has 0 aliphatic carbocycles. The van der Waals surface area contributed by atoms with E-state index in [9.17, 15) is 4.79 Å². The van der Waals surface area contributed by atoms with Crippen molar-refractivity contribution in [3.8, 4) is 23.0 Å². The largest absolute Gasteiger partial charge is 0.493 e. The van der Waals surface area contributed by atoms with E-state index in [1.165, 1.54) is 0 Å². The number of methoxy groups -OCH3 is 1. The van der Waals surface area contributed by atoms with Crippen LogP contribution in [0.15, 0.2) is 41.5 Å².